The van der Waals surface area contributed by atoms with Gasteiger partial charge in [0.25, 0.3) is 10.1 Å². The van der Waals surface area contributed by atoms with Crippen molar-refractivity contribution in [2.24, 2.45) is 0 Å². The van der Waals surface area contributed by atoms with Crippen molar-refractivity contribution < 1.29 is 55.5 Å². The molecule has 0 radical (unpaired) electrons. The molecule has 248 valence electrons. The van der Waals surface area contributed by atoms with Crippen LogP contribution in [0.1, 0.15) is 36.1 Å². The van der Waals surface area contributed by atoms with E-state index >= 15 is 0 Å². The van der Waals surface area contributed by atoms with E-state index in [9.17, 15) is 25.9 Å². The first kappa shape index (κ1) is 38.1. The minimum absolute atomic E-state index is 0. The molecule has 0 amide bonds. The number of hydrogen-bond donors (Lipinski definition) is 1. The van der Waals surface area contributed by atoms with Gasteiger partial charge >= 0.3 is 29.6 Å². The second kappa shape index (κ2) is 16.3. The van der Waals surface area contributed by atoms with Gasteiger partial charge in [-0.25, -0.2) is 8.42 Å². The summed E-state index contributed by atoms with van der Waals surface area (Å²) in [5.74, 6) is 0. The maximum Gasteiger partial charge on any atom is 1.00 e. The van der Waals surface area contributed by atoms with E-state index in [4.69, 9.17) is 0 Å². The van der Waals surface area contributed by atoms with Crippen LogP contribution in [0.15, 0.2) is 131 Å². The molecule has 0 spiro atoms. The first-order valence-electron chi connectivity index (χ1n) is 15.5. The summed E-state index contributed by atoms with van der Waals surface area (Å²) in [5.41, 5.74) is 6.98. The quantitative estimate of drug-likeness (QED) is 0.156. The van der Waals surface area contributed by atoms with Crippen LogP contribution in [0.3, 0.4) is 0 Å². The third-order valence-corrected chi connectivity index (χ3v) is 9.95. The topological polar surface area (TPSA) is 118 Å². The minimum Gasteiger partial charge on any atom is -0.744 e. The van der Waals surface area contributed by atoms with Gasteiger partial charge in [0.15, 0.2) is 0 Å². The predicted molar refractivity (Wildman–Crippen MR) is 190 cm³/mol. The summed E-state index contributed by atoms with van der Waals surface area (Å²) in [6, 6.07) is 37.1. The van der Waals surface area contributed by atoms with Crippen LogP contribution in [0.4, 0.5) is 11.4 Å². The van der Waals surface area contributed by atoms with Crippen LogP contribution in [-0.4, -0.2) is 39.0 Å². The van der Waals surface area contributed by atoms with Crippen molar-refractivity contribution in [2.75, 3.05) is 22.9 Å². The molecule has 0 atom stereocenters. The molecule has 5 aromatic rings. The van der Waals surface area contributed by atoms with E-state index in [2.05, 4.69) is 90.9 Å². The molecule has 0 aromatic heterocycles. The van der Waals surface area contributed by atoms with E-state index in [-0.39, 0.29) is 39.3 Å². The van der Waals surface area contributed by atoms with Gasteiger partial charge in [0, 0.05) is 37.6 Å². The molecular weight excluding hydrogens is 668 g/mol. The van der Waals surface area contributed by atoms with Crippen LogP contribution in [0.5, 0.6) is 0 Å². The summed E-state index contributed by atoms with van der Waals surface area (Å²) in [4.78, 5) is 3.99. The molecule has 0 saturated heterocycles. The summed E-state index contributed by atoms with van der Waals surface area (Å²) >= 11 is 0. The fraction of sp³-hybridized carbons (Fsp3) is 0.158. The largest absolute Gasteiger partial charge is 1.00 e. The van der Waals surface area contributed by atoms with Crippen molar-refractivity contribution in [1.29, 1.82) is 0 Å². The average molecular weight is 705 g/mol. The maximum atomic E-state index is 11.4. The Kier molecular flexibility index (Phi) is 12.7. The molecule has 5 aromatic carbocycles. The van der Waals surface area contributed by atoms with E-state index in [1.54, 1.807) is 24.3 Å². The van der Waals surface area contributed by atoms with Gasteiger partial charge in [-0.15, -0.1) is 0 Å². The Labute approximate surface area is 310 Å². The van der Waals surface area contributed by atoms with Gasteiger partial charge in [0.05, 0.1) is 9.79 Å². The van der Waals surface area contributed by atoms with E-state index in [0.29, 0.717) is 13.1 Å². The molecule has 1 N–H and O–H groups in total. The van der Waals surface area contributed by atoms with E-state index in [1.807, 2.05) is 12.1 Å². The molecular formula is C38H37N2NaO6S2. The maximum absolute atomic E-state index is 11.4. The first-order chi connectivity index (χ1) is 22.9. The average Bonchev–Trinajstić information content (AvgIpc) is 3.07. The molecule has 0 aliphatic heterocycles. The van der Waals surface area contributed by atoms with Gasteiger partial charge in [-0.05, 0) is 101 Å². The normalized spacial score (nSPS) is 11.4. The SMILES string of the molecule is C=c1ccc(=C(c2ccc(N(CC)Cc3ccc(S(=O)(=O)[O-])cc3)cc2)c2ccc(N(CC)Cc3ccc(S(=O)(=O)O)cc3)cc2)cc1.[Na+]. The van der Waals surface area contributed by atoms with Crippen LogP contribution < -0.4 is 49.8 Å². The first-order valence-corrected chi connectivity index (χ1v) is 18.3. The zero-order valence-corrected chi connectivity index (χ0v) is 31.4. The van der Waals surface area contributed by atoms with E-state index in [1.165, 1.54) is 24.3 Å². The number of benzene rings is 5. The van der Waals surface area contributed by atoms with E-state index in [0.717, 1.165) is 62.7 Å². The standard InChI is InChI=1S/C38H38N2O6S2.Na/c1-4-39(26-29-8-22-36(23-9-29)47(41,42)43)34-18-14-32(15-19-34)38(31-12-6-28(3)7-13-31)33-16-20-35(21-17-33)40(5-2)27-30-10-24-37(25-11-30)48(44,45)46;/h6-25H,3-5,26-27H2,1-2H3,(H,41,42,43)(H,44,45,46);/q;+1/p-1. The van der Waals surface area contributed by atoms with Crippen LogP contribution in [0, 0.1) is 0 Å². The molecule has 0 bridgehead atoms. The number of anilines is 2. The molecule has 5 rings (SSSR count). The van der Waals surface area contributed by atoms with Gasteiger partial charge in [0.2, 0.25) is 0 Å². The van der Waals surface area contributed by atoms with Crippen molar-refractivity contribution in [3.8, 4) is 0 Å². The summed E-state index contributed by atoms with van der Waals surface area (Å²) < 4.78 is 66.1. The Morgan fingerprint density at radius 1 is 0.612 bits per heavy atom. The summed E-state index contributed by atoms with van der Waals surface area (Å²) in [5, 5.41) is 1.97. The molecule has 8 nitrogen and oxygen atoms in total. The second-order valence-corrected chi connectivity index (χ2v) is 14.2. The fourth-order valence-corrected chi connectivity index (χ4v) is 6.54. The van der Waals surface area contributed by atoms with Gasteiger partial charge in [-0.1, -0.05) is 79.4 Å². The summed E-state index contributed by atoms with van der Waals surface area (Å²) in [6.07, 6.45) is 0. The summed E-state index contributed by atoms with van der Waals surface area (Å²) in [7, 11) is -8.73. The number of hydrogen-bond acceptors (Lipinski definition) is 7. The van der Waals surface area contributed by atoms with Gasteiger partial charge in [0.1, 0.15) is 10.1 Å². The van der Waals surface area contributed by atoms with Crippen molar-refractivity contribution in [3.05, 3.63) is 154 Å². The summed E-state index contributed by atoms with van der Waals surface area (Å²) in [6.45, 7) is 10.7. The molecule has 0 aliphatic rings. The van der Waals surface area contributed by atoms with Crippen molar-refractivity contribution >= 4 is 43.8 Å². The molecule has 0 fully saturated rings. The fourth-order valence-electron chi connectivity index (χ4n) is 5.59. The minimum atomic E-state index is -4.49. The predicted octanol–water partition coefficient (Wildman–Crippen LogP) is 2.55. The van der Waals surface area contributed by atoms with Crippen LogP contribution in [-0.2, 0) is 33.3 Å². The smallest absolute Gasteiger partial charge is 0.744 e. The van der Waals surface area contributed by atoms with Crippen LogP contribution in [0.2, 0.25) is 0 Å². The monoisotopic (exact) mass is 704 g/mol. The Bertz CT molecular complexity index is 2050. The molecule has 0 saturated carbocycles. The zero-order valence-electron chi connectivity index (χ0n) is 27.8. The van der Waals surface area contributed by atoms with E-state index < -0.39 is 20.2 Å². The molecule has 49 heavy (non-hydrogen) atoms. The number of rotatable bonds is 12. The Balaban J connectivity index is 0.00000541. The van der Waals surface area contributed by atoms with Crippen molar-refractivity contribution in [1.82, 2.24) is 0 Å². The molecule has 11 heteroatoms. The van der Waals surface area contributed by atoms with Gasteiger partial charge < -0.3 is 14.4 Å². The third-order valence-electron chi connectivity index (χ3n) is 8.23. The van der Waals surface area contributed by atoms with Crippen LogP contribution in [0.25, 0.3) is 12.2 Å². The zero-order chi connectivity index (χ0) is 34.5. The van der Waals surface area contributed by atoms with Crippen molar-refractivity contribution in [2.45, 2.75) is 36.7 Å². The Morgan fingerprint density at radius 3 is 1.35 bits per heavy atom. The Morgan fingerprint density at radius 2 is 1.00 bits per heavy atom. The van der Waals surface area contributed by atoms with Crippen LogP contribution >= 0.6 is 0 Å². The third kappa shape index (κ3) is 9.70. The Hall–Kier alpha value is -3.74. The van der Waals surface area contributed by atoms with Gasteiger partial charge in [-0.3, -0.25) is 4.55 Å². The van der Waals surface area contributed by atoms with Crippen molar-refractivity contribution in [3.63, 3.8) is 0 Å². The molecule has 0 heterocycles. The number of nitrogens with zero attached hydrogens (tertiary/aromatic N) is 2. The molecule has 0 unspecified atom stereocenters. The molecule has 0 aliphatic carbocycles. The van der Waals surface area contributed by atoms with Gasteiger partial charge in [-0.2, -0.15) is 8.42 Å². The second-order valence-electron chi connectivity index (χ2n) is 11.4.